The van der Waals surface area contributed by atoms with Crippen LogP contribution in [0.3, 0.4) is 0 Å². The molecule has 0 aromatic heterocycles. The van der Waals surface area contributed by atoms with Crippen LogP contribution in [0, 0.1) is 20.8 Å². The summed E-state index contributed by atoms with van der Waals surface area (Å²) in [5.41, 5.74) is 12.6. The lowest BCUT2D eigenvalue weighted by Gasteiger charge is -2.26. The molecule has 0 aliphatic heterocycles. The molecular weight excluding hydrogens is 230 g/mol. The van der Waals surface area contributed by atoms with Gasteiger partial charge >= 0.3 is 0 Å². The molecule has 2 aromatic rings. The molecule has 0 aliphatic carbocycles. The molecule has 0 fully saturated rings. The maximum atomic E-state index is 6.54. The molecule has 0 radical (unpaired) electrons. The van der Waals surface area contributed by atoms with Crippen LogP contribution in [0.2, 0.25) is 0 Å². The van der Waals surface area contributed by atoms with E-state index in [1.165, 1.54) is 27.8 Å². The van der Waals surface area contributed by atoms with Crippen LogP contribution in [0.4, 0.5) is 0 Å². The van der Waals surface area contributed by atoms with Crippen LogP contribution in [0.5, 0.6) is 0 Å². The lowest BCUT2D eigenvalue weighted by Crippen LogP contribution is -2.35. The predicted molar refractivity (Wildman–Crippen MR) is 82.3 cm³/mol. The largest absolute Gasteiger partial charge is 0.321 e. The average molecular weight is 253 g/mol. The van der Waals surface area contributed by atoms with Crippen LogP contribution in [0.25, 0.3) is 0 Å². The van der Waals surface area contributed by atoms with Gasteiger partial charge in [-0.15, -0.1) is 0 Å². The van der Waals surface area contributed by atoms with Gasteiger partial charge in [0.15, 0.2) is 0 Å². The third kappa shape index (κ3) is 3.24. The second-order valence-electron chi connectivity index (χ2n) is 5.88. The highest BCUT2D eigenvalue weighted by atomic mass is 14.7. The summed E-state index contributed by atoms with van der Waals surface area (Å²) in [6.07, 6.45) is 0.858. The minimum absolute atomic E-state index is 0.327. The van der Waals surface area contributed by atoms with Gasteiger partial charge in [0.2, 0.25) is 0 Å². The van der Waals surface area contributed by atoms with E-state index in [4.69, 9.17) is 5.73 Å². The summed E-state index contributed by atoms with van der Waals surface area (Å²) in [5.74, 6) is 0. The first-order chi connectivity index (χ1) is 8.88. The Morgan fingerprint density at radius 1 is 0.947 bits per heavy atom. The zero-order valence-electron chi connectivity index (χ0n) is 12.3. The Morgan fingerprint density at radius 2 is 1.68 bits per heavy atom. The molecule has 0 bridgehead atoms. The normalized spacial score (nSPS) is 14.2. The second kappa shape index (κ2) is 5.18. The Kier molecular flexibility index (Phi) is 3.77. The summed E-state index contributed by atoms with van der Waals surface area (Å²) < 4.78 is 0. The minimum atomic E-state index is -0.327. The highest BCUT2D eigenvalue weighted by Gasteiger charge is 2.22. The van der Waals surface area contributed by atoms with Crippen molar-refractivity contribution in [2.75, 3.05) is 0 Å². The monoisotopic (exact) mass is 253 g/mol. The summed E-state index contributed by atoms with van der Waals surface area (Å²) in [4.78, 5) is 0. The van der Waals surface area contributed by atoms with Crippen LogP contribution in [0.15, 0.2) is 42.5 Å². The van der Waals surface area contributed by atoms with Crippen molar-refractivity contribution in [3.63, 3.8) is 0 Å². The maximum absolute atomic E-state index is 6.54. The molecular formula is C18H23N. The van der Waals surface area contributed by atoms with Crippen molar-refractivity contribution >= 4 is 0 Å². The number of hydrogen-bond acceptors (Lipinski definition) is 1. The Labute approximate surface area is 116 Å². The Hall–Kier alpha value is -1.60. The van der Waals surface area contributed by atoms with Gasteiger partial charge in [0, 0.05) is 5.54 Å². The zero-order chi connectivity index (χ0) is 14.0. The molecule has 1 heteroatoms. The van der Waals surface area contributed by atoms with Crippen LogP contribution in [-0.4, -0.2) is 0 Å². The standard InChI is InChI=1S/C18H23N/c1-13-6-5-7-16(10-13)12-18(4,19)17-9-8-14(2)15(3)11-17/h5-11H,12,19H2,1-4H3. The van der Waals surface area contributed by atoms with Crippen molar-refractivity contribution in [2.45, 2.75) is 39.7 Å². The molecule has 0 amide bonds. The van der Waals surface area contributed by atoms with Crippen LogP contribution in [-0.2, 0) is 12.0 Å². The maximum Gasteiger partial charge on any atom is 0.0421 e. The van der Waals surface area contributed by atoms with Gasteiger partial charge in [0.25, 0.3) is 0 Å². The third-order valence-corrected chi connectivity index (χ3v) is 3.82. The van der Waals surface area contributed by atoms with E-state index in [1.807, 2.05) is 0 Å². The van der Waals surface area contributed by atoms with E-state index in [0.717, 1.165) is 6.42 Å². The minimum Gasteiger partial charge on any atom is -0.321 e. The van der Waals surface area contributed by atoms with Crippen molar-refractivity contribution in [1.82, 2.24) is 0 Å². The van der Waals surface area contributed by atoms with Gasteiger partial charge in [-0.05, 0) is 56.4 Å². The quantitative estimate of drug-likeness (QED) is 0.878. The predicted octanol–water partition coefficient (Wildman–Crippen LogP) is 4.03. The van der Waals surface area contributed by atoms with Gasteiger partial charge in [-0.1, -0.05) is 48.0 Å². The number of nitrogens with two attached hydrogens (primary N) is 1. The van der Waals surface area contributed by atoms with Gasteiger partial charge in [0.1, 0.15) is 0 Å². The van der Waals surface area contributed by atoms with Crippen molar-refractivity contribution < 1.29 is 0 Å². The van der Waals surface area contributed by atoms with Crippen molar-refractivity contribution in [1.29, 1.82) is 0 Å². The molecule has 1 nitrogen and oxygen atoms in total. The van der Waals surface area contributed by atoms with Crippen LogP contribution < -0.4 is 5.73 Å². The van der Waals surface area contributed by atoms with Gasteiger partial charge < -0.3 is 5.73 Å². The fourth-order valence-electron chi connectivity index (χ4n) is 2.44. The smallest absolute Gasteiger partial charge is 0.0421 e. The average Bonchev–Trinajstić information content (AvgIpc) is 2.32. The van der Waals surface area contributed by atoms with Gasteiger partial charge in [-0.25, -0.2) is 0 Å². The molecule has 19 heavy (non-hydrogen) atoms. The Morgan fingerprint density at radius 3 is 2.32 bits per heavy atom. The topological polar surface area (TPSA) is 26.0 Å². The summed E-state index contributed by atoms with van der Waals surface area (Å²) >= 11 is 0. The van der Waals surface area contributed by atoms with E-state index >= 15 is 0 Å². The van der Waals surface area contributed by atoms with E-state index in [9.17, 15) is 0 Å². The summed E-state index contributed by atoms with van der Waals surface area (Å²) in [6, 6.07) is 15.1. The van der Waals surface area contributed by atoms with Crippen molar-refractivity contribution in [3.05, 3.63) is 70.3 Å². The molecule has 2 rings (SSSR count). The SMILES string of the molecule is Cc1cccc(CC(C)(N)c2ccc(C)c(C)c2)c1. The first-order valence-corrected chi connectivity index (χ1v) is 6.81. The molecule has 0 saturated heterocycles. The molecule has 0 heterocycles. The first-order valence-electron chi connectivity index (χ1n) is 6.81. The van der Waals surface area contributed by atoms with E-state index in [0.29, 0.717) is 0 Å². The van der Waals surface area contributed by atoms with E-state index < -0.39 is 0 Å². The lowest BCUT2D eigenvalue weighted by atomic mass is 9.85. The van der Waals surface area contributed by atoms with Crippen molar-refractivity contribution in [2.24, 2.45) is 5.73 Å². The molecule has 0 saturated carbocycles. The first kappa shape index (κ1) is 13.8. The zero-order valence-corrected chi connectivity index (χ0v) is 12.3. The van der Waals surface area contributed by atoms with Gasteiger partial charge in [-0.2, -0.15) is 0 Å². The molecule has 0 aliphatic rings. The van der Waals surface area contributed by atoms with Gasteiger partial charge in [0.05, 0.1) is 0 Å². The summed E-state index contributed by atoms with van der Waals surface area (Å²) in [5, 5.41) is 0. The van der Waals surface area contributed by atoms with Gasteiger partial charge in [-0.3, -0.25) is 0 Å². The lowest BCUT2D eigenvalue weighted by molar-refractivity contribution is 0.491. The molecule has 0 spiro atoms. The molecule has 1 atom stereocenters. The Balaban J connectivity index is 2.29. The molecule has 1 unspecified atom stereocenters. The molecule has 100 valence electrons. The van der Waals surface area contributed by atoms with E-state index in [2.05, 4.69) is 70.2 Å². The van der Waals surface area contributed by atoms with E-state index in [1.54, 1.807) is 0 Å². The summed E-state index contributed by atoms with van der Waals surface area (Å²) in [7, 11) is 0. The fourth-order valence-corrected chi connectivity index (χ4v) is 2.44. The second-order valence-corrected chi connectivity index (χ2v) is 5.88. The number of hydrogen-bond donors (Lipinski definition) is 1. The Bertz CT molecular complexity index is 582. The van der Waals surface area contributed by atoms with Crippen molar-refractivity contribution in [3.8, 4) is 0 Å². The van der Waals surface area contributed by atoms with E-state index in [-0.39, 0.29) is 5.54 Å². The highest BCUT2D eigenvalue weighted by Crippen LogP contribution is 2.25. The van der Waals surface area contributed by atoms with Crippen LogP contribution >= 0.6 is 0 Å². The highest BCUT2D eigenvalue weighted by molar-refractivity contribution is 5.35. The molecule has 2 aromatic carbocycles. The summed E-state index contributed by atoms with van der Waals surface area (Å²) in [6.45, 7) is 8.50. The number of aryl methyl sites for hydroxylation is 3. The third-order valence-electron chi connectivity index (χ3n) is 3.82. The molecule has 2 N–H and O–H groups in total. The van der Waals surface area contributed by atoms with Crippen LogP contribution in [0.1, 0.15) is 34.7 Å². The number of benzene rings is 2. The fraction of sp³-hybridized carbons (Fsp3) is 0.333. The number of rotatable bonds is 3.